The monoisotopic (exact) mass is 395 g/mol. The van der Waals surface area contributed by atoms with E-state index in [0.29, 0.717) is 16.4 Å². The van der Waals surface area contributed by atoms with Crippen molar-refractivity contribution < 1.29 is 13.9 Å². The van der Waals surface area contributed by atoms with Crippen molar-refractivity contribution in [2.45, 2.75) is 6.42 Å². The Labute approximate surface area is 165 Å². The van der Waals surface area contributed by atoms with Gasteiger partial charge in [0.1, 0.15) is 0 Å². The van der Waals surface area contributed by atoms with Gasteiger partial charge in [-0.1, -0.05) is 18.2 Å². The van der Waals surface area contributed by atoms with Gasteiger partial charge in [0.15, 0.2) is 16.7 Å². The number of ether oxygens (including phenoxy) is 1. The van der Waals surface area contributed by atoms with E-state index in [-0.39, 0.29) is 18.1 Å². The summed E-state index contributed by atoms with van der Waals surface area (Å²) < 4.78 is 20.8. The summed E-state index contributed by atoms with van der Waals surface area (Å²) in [6.07, 6.45) is 2.23. The molecular weight excluding hydrogens is 377 g/mol. The van der Waals surface area contributed by atoms with Crippen LogP contribution in [0, 0.1) is 5.82 Å². The van der Waals surface area contributed by atoms with Crippen LogP contribution >= 0.6 is 11.3 Å². The third-order valence-corrected chi connectivity index (χ3v) is 5.29. The number of hydrogen-bond donors (Lipinski definition) is 1. The van der Waals surface area contributed by atoms with Crippen LogP contribution in [0.5, 0.6) is 5.75 Å². The van der Waals surface area contributed by atoms with Gasteiger partial charge in [0.25, 0.3) is 0 Å². The lowest BCUT2D eigenvalue weighted by atomic mass is 10.1. The highest BCUT2D eigenvalue weighted by Gasteiger charge is 2.13. The van der Waals surface area contributed by atoms with Crippen molar-refractivity contribution in [1.82, 2.24) is 9.55 Å². The number of nitrogens with one attached hydrogen (secondary N) is 1. The summed E-state index contributed by atoms with van der Waals surface area (Å²) in [6.45, 7) is 0. The summed E-state index contributed by atoms with van der Waals surface area (Å²) in [6, 6.07) is 12.6. The zero-order chi connectivity index (χ0) is 19.7. The molecule has 0 unspecified atom stereocenters. The third-order valence-electron chi connectivity index (χ3n) is 4.53. The zero-order valence-electron chi connectivity index (χ0n) is 15.4. The van der Waals surface area contributed by atoms with Gasteiger partial charge in [0.05, 0.1) is 19.2 Å². The Morgan fingerprint density at radius 3 is 2.89 bits per heavy atom. The number of rotatable bonds is 5. The third kappa shape index (κ3) is 3.48. The number of thiazole rings is 1. The minimum Gasteiger partial charge on any atom is -0.494 e. The van der Waals surface area contributed by atoms with Crippen LogP contribution in [0.4, 0.5) is 9.52 Å². The lowest BCUT2D eigenvalue weighted by Gasteiger charge is -2.03. The normalized spacial score (nSPS) is 11.0. The van der Waals surface area contributed by atoms with Crippen LogP contribution in [-0.2, 0) is 18.3 Å². The Bertz CT molecular complexity index is 1170. The molecule has 4 aromatic rings. The van der Waals surface area contributed by atoms with Crippen molar-refractivity contribution in [2.24, 2.45) is 7.05 Å². The minimum absolute atomic E-state index is 0.141. The summed E-state index contributed by atoms with van der Waals surface area (Å²) in [5.74, 6) is -0.407. The molecule has 1 N–H and O–H groups in total. The van der Waals surface area contributed by atoms with Gasteiger partial charge >= 0.3 is 0 Å². The molecule has 2 aromatic carbocycles. The molecule has 0 aliphatic carbocycles. The minimum atomic E-state index is -0.449. The molecule has 0 aliphatic heterocycles. The first-order chi connectivity index (χ1) is 13.5. The molecule has 0 aliphatic rings. The SMILES string of the molecule is COc1ccc(-c2csc(NC(=O)Cc3cn(C)c4ccccc34)n2)cc1F. The van der Waals surface area contributed by atoms with E-state index in [4.69, 9.17) is 4.74 Å². The molecule has 1 amide bonds. The Morgan fingerprint density at radius 2 is 2.11 bits per heavy atom. The van der Waals surface area contributed by atoms with E-state index >= 15 is 0 Å². The van der Waals surface area contributed by atoms with Crippen LogP contribution < -0.4 is 10.1 Å². The number of aryl methyl sites for hydroxylation is 1. The van der Waals surface area contributed by atoms with Gasteiger partial charge in [-0.15, -0.1) is 11.3 Å². The van der Waals surface area contributed by atoms with E-state index in [9.17, 15) is 9.18 Å². The van der Waals surface area contributed by atoms with E-state index in [1.54, 1.807) is 17.5 Å². The predicted molar refractivity (Wildman–Crippen MR) is 109 cm³/mol. The summed E-state index contributed by atoms with van der Waals surface area (Å²) >= 11 is 1.31. The fraction of sp³-hybridized carbons (Fsp3) is 0.143. The first-order valence-electron chi connectivity index (χ1n) is 8.67. The maximum absolute atomic E-state index is 13.9. The lowest BCUT2D eigenvalue weighted by molar-refractivity contribution is -0.115. The number of carbonyl (C=O) groups excluding carboxylic acids is 1. The van der Waals surface area contributed by atoms with Crippen molar-refractivity contribution in [3.8, 4) is 17.0 Å². The summed E-state index contributed by atoms with van der Waals surface area (Å²) in [4.78, 5) is 16.9. The first-order valence-corrected chi connectivity index (χ1v) is 9.55. The van der Waals surface area contributed by atoms with Gasteiger partial charge in [-0.05, 0) is 29.8 Å². The number of hydrogen-bond acceptors (Lipinski definition) is 4. The van der Waals surface area contributed by atoms with E-state index in [1.165, 1.54) is 24.5 Å². The van der Waals surface area contributed by atoms with Gasteiger partial charge in [0, 0.05) is 35.1 Å². The average Bonchev–Trinajstić information content (AvgIpc) is 3.27. The Kier molecular flexibility index (Phi) is 4.83. The number of amides is 1. The molecule has 7 heteroatoms. The van der Waals surface area contributed by atoms with Gasteiger partial charge < -0.3 is 14.6 Å². The standard InChI is InChI=1S/C21H18FN3O2S/c1-25-11-14(15-5-3-4-6-18(15)25)10-20(26)24-21-23-17(12-28-21)13-7-8-19(27-2)16(22)9-13/h3-9,11-12H,10H2,1-2H3,(H,23,24,26). The summed E-state index contributed by atoms with van der Waals surface area (Å²) in [5.41, 5.74) is 3.28. The second-order valence-corrected chi connectivity index (χ2v) is 7.25. The topological polar surface area (TPSA) is 56.1 Å². The number of anilines is 1. The van der Waals surface area contributed by atoms with E-state index in [1.807, 2.05) is 42.1 Å². The maximum Gasteiger partial charge on any atom is 0.230 e. The largest absolute Gasteiger partial charge is 0.494 e. The number of halogens is 1. The molecule has 0 fully saturated rings. The number of benzene rings is 2. The van der Waals surface area contributed by atoms with E-state index in [0.717, 1.165) is 16.5 Å². The van der Waals surface area contributed by atoms with Gasteiger partial charge in [-0.3, -0.25) is 4.79 Å². The van der Waals surface area contributed by atoms with Gasteiger partial charge in [0.2, 0.25) is 5.91 Å². The Balaban J connectivity index is 1.49. The smallest absolute Gasteiger partial charge is 0.230 e. The highest BCUT2D eigenvalue weighted by Crippen LogP contribution is 2.28. The number of nitrogens with zero attached hydrogens (tertiary/aromatic N) is 2. The van der Waals surface area contributed by atoms with E-state index in [2.05, 4.69) is 10.3 Å². The zero-order valence-corrected chi connectivity index (χ0v) is 16.2. The molecule has 0 saturated heterocycles. The second-order valence-electron chi connectivity index (χ2n) is 6.39. The maximum atomic E-state index is 13.9. The van der Waals surface area contributed by atoms with Crippen molar-refractivity contribution >= 4 is 33.3 Å². The molecule has 2 aromatic heterocycles. The highest BCUT2D eigenvalue weighted by atomic mass is 32.1. The van der Waals surface area contributed by atoms with Crippen LogP contribution in [-0.4, -0.2) is 22.6 Å². The highest BCUT2D eigenvalue weighted by molar-refractivity contribution is 7.14. The lowest BCUT2D eigenvalue weighted by Crippen LogP contribution is -2.14. The van der Waals surface area contributed by atoms with Crippen LogP contribution in [0.15, 0.2) is 54.0 Å². The van der Waals surface area contributed by atoms with Crippen molar-refractivity contribution in [3.05, 3.63) is 65.4 Å². The molecule has 0 bridgehead atoms. The van der Waals surface area contributed by atoms with Crippen molar-refractivity contribution in [1.29, 1.82) is 0 Å². The fourth-order valence-corrected chi connectivity index (χ4v) is 3.93. The van der Waals surface area contributed by atoms with Gasteiger partial charge in [-0.2, -0.15) is 0 Å². The molecular formula is C21H18FN3O2S. The number of methoxy groups -OCH3 is 1. The summed E-state index contributed by atoms with van der Waals surface area (Å²) in [5, 5.41) is 6.17. The molecule has 0 saturated carbocycles. The average molecular weight is 395 g/mol. The quantitative estimate of drug-likeness (QED) is 0.536. The number of carbonyl (C=O) groups is 1. The second kappa shape index (κ2) is 7.44. The number of aromatic nitrogens is 2. The molecule has 5 nitrogen and oxygen atoms in total. The number of para-hydroxylation sites is 1. The first kappa shape index (κ1) is 18.2. The molecule has 0 radical (unpaired) electrons. The van der Waals surface area contributed by atoms with E-state index < -0.39 is 5.82 Å². The van der Waals surface area contributed by atoms with Crippen LogP contribution in [0.2, 0.25) is 0 Å². The number of fused-ring (bicyclic) bond motifs is 1. The van der Waals surface area contributed by atoms with Crippen molar-refractivity contribution in [2.75, 3.05) is 12.4 Å². The predicted octanol–water partition coefficient (Wildman–Crippen LogP) is 4.63. The summed E-state index contributed by atoms with van der Waals surface area (Å²) in [7, 11) is 3.38. The molecule has 142 valence electrons. The van der Waals surface area contributed by atoms with Crippen LogP contribution in [0.1, 0.15) is 5.56 Å². The molecule has 0 spiro atoms. The Morgan fingerprint density at radius 1 is 1.29 bits per heavy atom. The Hall–Kier alpha value is -3.19. The van der Waals surface area contributed by atoms with Gasteiger partial charge in [-0.25, -0.2) is 9.37 Å². The van der Waals surface area contributed by atoms with Crippen molar-refractivity contribution in [3.63, 3.8) is 0 Å². The molecule has 0 atom stereocenters. The molecule has 28 heavy (non-hydrogen) atoms. The van der Waals surface area contributed by atoms with Crippen LogP contribution in [0.25, 0.3) is 22.2 Å². The fourth-order valence-electron chi connectivity index (χ4n) is 3.19. The molecule has 2 heterocycles. The molecule has 4 rings (SSSR count). The van der Waals surface area contributed by atoms with Crippen LogP contribution in [0.3, 0.4) is 0 Å².